The van der Waals surface area contributed by atoms with Gasteiger partial charge in [0.25, 0.3) is 6.43 Å². The van der Waals surface area contributed by atoms with Gasteiger partial charge in [0.1, 0.15) is 11.6 Å². The SMILES string of the molecule is CC[C@@H](Nc1ccc2nnc(C(F)F)n2n1)c1ccc(F)cc1. The highest BCUT2D eigenvalue weighted by Gasteiger charge is 2.18. The predicted molar refractivity (Wildman–Crippen MR) is 78.8 cm³/mol. The molecule has 0 aliphatic heterocycles. The van der Waals surface area contributed by atoms with Crippen LogP contribution in [0.25, 0.3) is 5.65 Å². The van der Waals surface area contributed by atoms with Crippen LogP contribution >= 0.6 is 0 Å². The van der Waals surface area contributed by atoms with Crippen LogP contribution in [0.2, 0.25) is 0 Å². The van der Waals surface area contributed by atoms with E-state index in [1.165, 1.54) is 12.1 Å². The molecule has 1 atom stereocenters. The number of hydrogen-bond donors (Lipinski definition) is 1. The Bertz CT molecular complexity index is 800. The number of nitrogens with zero attached hydrogens (tertiary/aromatic N) is 4. The van der Waals surface area contributed by atoms with Gasteiger partial charge >= 0.3 is 0 Å². The number of fused-ring (bicyclic) bond motifs is 1. The standard InChI is InChI=1S/C15H14F3N5/c1-2-11(9-3-5-10(16)6-4-9)19-12-7-8-13-20-21-15(14(17)18)23(13)22-12/h3-8,11,14H,2H2,1H3,(H,19,22)/t11-/m1/s1. The van der Waals surface area contributed by atoms with E-state index >= 15 is 0 Å². The Morgan fingerprint density at radius 1 is 1.09 bits per heavy atom. The lowest BCUT2D eigenvalue weighted by Crippen LogP contribution is -2.12. The van der Waals surface area contributed by atoms with E-state index in [0.29, 0.717) is 5.82 Å². The molecule has 0 bridgehead atoms. The van der Waals surface area contributed by atoms with Gasteiger partial charge in [0, 0.05) is 0 Å². The van der Waals surface area contributed by atoms with Gasteiger partial charge in [-0.2, -0.15) is 4.52 Å². The molecule has 0 unspecified atom stereocenters. The minimum absolute atomic E-state index is 0.118. The van der Waals surface area contributed by atoms with Crippen LogP contribution in [0.3, 0.4) is 0 Å². The molecule has 0 amide bonds. The molecule has 5 nitrogen and oxygen atoms in total. The van der Waals surface area contributed by atoms with E-state index in [1.54, 1.807) is 24.3 Å². The molecule has 1 aromatic carbocycles. The molecule has 0 spiro atoms. The van der Waals surface area contributed by atoms with Crippen LogP contribution in [0.15, 0.2) is 36.4 Å². The lowest BCUT2D eigenvalue weighted by Gasteiger charge is -2.18. The van der Waals surface area contributed by atoms with Gasteiger partial charge in [-0.05, 0) is 36.2 Å². The van der Waals surface area contributed by atoms with Gasteiger partial charge < -0.3 is 5.32 Å². The van der Waals surface area contributed by atoms with Crippen LogP contribution in [-0.2, 0) is 0 Å². The van der Waals surface area contributed by atoms with Crippen molar-refractivity contribution in [1.82, 2.24) is 19.8 Å². The van der Waals surface area contributed by atoms with Crippen molar-refractivity contribution in [2.45, 2.75) is 25.8 Å². The van der Waals surface area contributed by atoms with Gasteiger partial charge in [-0.25, -0.2) is 13.2 Å². The lowest BCUT2D eigenvalue weighted by molar-refractivity contribution is 0.137. The number of aromatic nitrogens is 4. The second-order valence-electron chi connectivity index (χ2n) is 5.00. The Morgan fingerprint density at radius 3 is 2.48 bits per heavy atom. The fourth-order valence-corrected chi connectivity index (χ4v) is 2.31. The monoisotopic (exact) mass is 321 g/mol. The van der Waals surface area contributed by atoms with Gasteiger partial charge in [0.05, 0.1) is 6.04 Å². The van der Waals surface area contributed by atoms with Crippen molar-refractivity contribution in [2.75, 3.05) is 5.32 Å². The second kappa shape index (κ2) is 6.23. The molecule has 3 aromatic rings. The lowest BCUT2D eigenvalue weighted by atomic mass is 10.0. The van der Waals surface area contributed by atoms with Crippen LogP contribution in [0.1, 0.15) is 37.2 Å². The number of alkyl halides is 2. The van der Waals surface area contributed by atoms with Crippen LogP contribution < -0.4 is 5.32 Å². The van der Waals surface area contributed by atoms with Gasteiger partial charge in [0.15, 0.2) is 5.65 Å². The number of rotatable bonds is 5. The zero-order valence-electron chi connectivity index (χ0n) is 12.2. The summed E-state index contributed by atoms with van der Waals surface area (Å²) >= 11 is 0. The third-order valence-corrected chi connectivity index (χ3v) is 3.48. The topological polar surface area (TPSA) is 55.1 Å². The maximum atomic E-state index is 13.0. The van der Waals surface area contributed by atoms with Crippen molar-refractivity contribution < 1.29 is 13.2 Å². The smallest absolute Gasteiger partial charge is 0.299 e. The van der Waals surface area contributed by atoms with Gasteiger partial charge in [0.2, 0.25) is 5.82 Å². The minimum atomic E-state index is -2.76. The Morgan fingerprint density at radius 2 is 1.83 bits per heavy atom. The molecule has 0 radical (unpaired) electrons. The Kier molecular flexibility index (Phi) is 4.14. The molecule has 0 aliphatic rings. The highest BCUT2D eigenvalue weighted by molar-refractivity contribution is 5.45. The number of anilines is 1. The van der Waals surface area contributed by atoms with E-state index in [0.717, 1.165) is 16.5 Å². The van der Waals surface area contributed by atoms with E-state index in [2.05, 4.69) is 20.6 Å². The molecule has 0 saturated heterocycles. The van der Waals surface area contributed by atoms with E-state index in [-0.39, 0.29) is 17.5 Å². The first kappa shape index (κ1) is 15.3. The quantitative estimate of drug-likeness (QED) is 0.777. The van der Waals surface area contributed by atoms with E-state index in [4.69, 9.17) is 0 Å². The maximum Gasteiger partial charge on any atom is 0.299 e. The van der Waals surface area contributed by atoms with E-state index in [1.807, 2.05) is 6.92 Å². The normalized spacial score (nSPS) is 12.7. The molecule has 0 aliphatic carbocycles. The van der Waals surface area contributed by atoms with Crippen molar-refractivity contribution in [3.8, 4) is 0 Å². The zero-order chi connectivity index (χ0) is 16.4. The summed E-state index contributed by atoms with van der Waals surface area (Å²) in [5.41, 5.74) is 1.13. The first-order valence-corrected chi connectivity index (χ1v) is 7.11. The average Bonchev–Trinajstić information content (AvgIpc) is 2.97. The average molecular weight is 321 g/mol. The molecule has 120 valence electrons. The second-order valence-corrected chi connectivity index (χ2v) is 5.00. The molecule has 23 heavy (non-hydrogen) atoms. The fourth-order valence-electron chi connectivity index (χ4n) is 2.31. The molecular formula is C15H14F3N5. The maximum absolute atomic E-state index is 13.0. The minimum Gasteiger partial charge on any atom is -0.362 e. The van der Waals surface area contributed by atoms with Gasteiger partial charge in [-0.1, -0.05) is 19.1 Å². The van der Waals surface area contributed by atoms with Crippen molar-refractivity contribution in [3.05, 3.63) is 53.6 Å². The highest BCUT2D eigenvalue weighted by atomic mass is 19.3. The first-order valence-electron chi connectivity index (χ1n) is 7.11. The van der Waals surface area contributed by atoms with Gasteiger partial charge in [-0.15, -0.1) is 15.3 Å². The summed E-state index contributed by atoms with van der Waals surface area (Å²) in [6.07, 6.45) is -2.04. The number of benzene rings is 1. The van der Waals surface area contributed by atoms with Crippen LogP contribution in [0, 0.1) is 5.82 Å². The van der Waals surface area contributed by atoms with Crippen molar-refractivity contribution in [3.63, 3.8) is 0 Å². The molecule has 0 fully saturated rings. The molecule has 8 heteroatoms. The predicted octanol–water partition coefficient (Wildman–Crippen LogP) is 3.76. The molecule has 3 rings (SSSR count). The van der Waals surface area contributed by atoms with Crippen LogP contribution in [0.5, 0.6) is 0 Å². The van der Waals surface area contributed by atoms with Gasteiger partial charge in [-0.3, -0.25) is 0 Å². The largest absolute Gasteiger partial charge is 0.362 e. The Labute approximate surface area is 130 Å². The van der Waals surface area contributed by atoms with Crippen LogP contribution in [0.4, 0.5) is 19.0 Å². The molecule has 1 N–H and O–H groups in total. The third kappa shape index (κ3) is 3.10. The Hall–Kier alpha value is -2.64. The third-order valence-electron chi connectivity index (χ3n) is 3.48. The Balaban J connectivity index is 1.90. The van der Waals surface area contributed by atoms with Crippen LogP contribution in [-0.4, -0.2) is 19.8 Å². The van der Waals surface area contributed by atoms with Crippen molar-refractivity contribution in [1.29, 1.82) is 0 Å². The molecule has 2 heterocycles. The summed E-state index contributed by atoms with van der Waals surface area (Å²) < 4.78 is 39.8. The number of halogens is 3. The molecular weight excluding hydrogens is 307 g/mol. The van der Waals surface area contributed by atoms with Crippen molar-refractivity contribution >= 4 is 11.5 Å². The zero-order valence-corrected chi connectivity index (χ0v) is 12.2. The summed E-state index contributed by atoms with van der Waals surface area (Å²) in [7, 11) is 0. The fraction of sp³-hybridized carbons (Fsp3) is 0.267. The van der Waals surface area contributed by atoms with E-state index < -0.39 is 12.2 Å². The highest BCUT2D eigenvalue weighted by Crippen LogP contribution is 2.23. The summed E-state index contributed by atoms with van der Waals surface area (Å²) in [6, 6.07) is 9.20. The summed E-state index contributed by atoms with van der Waals surface area (Å²) in [5.74, 6) is -0.400. The molecule has 2 aromatic heterocycles. The number of hydrogen-bond acceptors (Lipinski definition) is 4. The van der Waals surface area contributed by atoms with Crippen molar-refractivity contribution in [2.24, 2.45) is 0 Å². The number of nitrogens with one attached hydrogen (secondary N) is 1. The first-order chi connectivity index (χ1) is 11.1. The summed E-state index contributed by atoms with van der Waals surface area (Å²) in [4.78, 5) is 0. The molecule has 0 saturated carbocycles. The summed E-state index contributed by atoms with van der Waals surface area (Å²) in [6.45, 7) is 1.96. The summed E-state index contributed by atoms with van der Waals surface area (Å²) in [5, 5.41) is 14.4. The van der Waals surface area contributed by atoms with E-state index in [9.17, 15) is 13.2 Å².